The van der Waals surface area contributed by atoms with Crippen LogP contribution in [0.5, 0.6) is 0 Å². The summed E-state index contributed by atoms with van der Waals surface area (Å²) in [6.45, 7) is 5.86. The summed E-state index contributed by atoms with van der Waals surface area (Å²) in [5.74, 6) is 4.93. The molecule has 1 unspecified atom stereocenters. The largest absolute Gasteiger partial charge is 0.384 e. The molecule has 0 heterocycles. The number of carbonyl (C=O) groups excluding carboxylic acids is 1. The summed E-state index contributed by atoms with van der Waals surface area (Å²) >= 11 is 0. The Morgan fingerprint density at radius 3 is 2.62 bits per heavy atom. The number of hydrogen-bond donors (Lipinski definition) is 1. The first-order valence-corrected chi connectivity index (χ1v) is 7.03. The number of benzene rings is 1. The number of aliphatic hydroxyl groups excluding tert-OH is 1. The lowest BCUT2D eigenvalue weighted by Crippen LogP contribution is -2.36. The second-order valence-electron chi connectivity index (χ2n) is 5.54. The van der Waals surface area contributed by atoms with Crippen molar-refractivity contribution in [3.05, 3.63) is 35.1 Å². The number of halogens is 1. The fourth-order valence-corrected chi connectivity index (χ4v) is 2.17. The maximum atomic E-state index is 13.3. The molecule has 1 aromatic carbocycles. The molecule has 0 aliphatic heterocycles. The number of nitrogens with zero attached hydrogens (tertiary/aromatic N) is 1. The fourth-order valence-electron chi connectivity index (χ4n) is 2.17. The Labute approximate surface area is 125 Å². The average Bonchev–Trinajstić information content (AvgIpc) is 2.42. The number of hydrogen-bond acceptors (Lipinski definition) is 2. The number of rotatable bonds is 4. The summed E-state index contributed by atoms with van der Waals surface area (Å²) in [7, 11) is 1.74. The third-order valence-corrected chi connectivity index (χ3v) is 3.31. The Morgan fingerprint density at radius 2 is 2.05 bits per heavy atom. The van der Waals surface area contributed by atoms with Crippen LogP contribution in [0.25, 0.3) is 0 Å². The molecule has 1 atom stereocenters. The van der Waals surface area contributed by atoms with Crippen molar-refractivity contribution >= 4 is 5.91 Å². The Balaban J connectivity index is 3.06. The quantitative estimate of drug-likeness (QED) is 0.866. The van der Waals surface area contributed by atoms with Crippen molar-refractivity contribution in [2.24, 2.45) is 5.92 Å². The smallest absolute Gasteiger partial charge is 0.255 e. The maximum Gasteiger partial charge on any atom is 0.255 e. The molecule has 21 heavy (non-hydrogen) atoms. The molecule has 0 saturated heterocycles. The summed E-state index contributed by atoms with van der Waals surface area (Å²) < 4.78 is 13.3. The van der Waals surface area contributed by atoms with Crippen LogP contribution >= 0.6 is 0 Å². The van der Waals surface area contributed by atoms with Gasteiger partial charge in [-0.2, -0.15) is 0 Å². The highest BCUT2D eigenvalue weighted by Crippen LogP contribution is 2.16. The molecule has 0 radical (unpaired) electrons. The lowest BCUT2D eigenvalue weighted by Gasteiger charge is -2.26. The summed E-state index contributed by atoms with van der Waals surface area (Å²) in [6, 6.07) is 3.99. The molecule has 1 N–H and O–H groups in total. The van der Waals surface area contributed by atoms with Crippen molar-refractivity contribution < 1.29 is 14.3 Å². The zero-order valence-corrected chi connectivity index (χ0v) is 13.0. The van der Waals surface area contributed by atoms with Crippen molar-refractivity contribution in [1.29, 1.82) is 0 Å². The minimum absolute atomic E-state index is 0.0844. The predicted octanol–water partition coefficient (Wildman–Crippen LogP) is 2.68. The van der Waals surface area contributed by atoms with Gasteiger partial charge in [0, 0.05) is 18.7 Å². The van der Waals surface area contributed by atoms with Gasteiger partial charge in [-0.25, -0.2) is 4.39 Å². The van der Waals surface area contributed by atoms with Gasteiger partial charge >= 0.3 is 0 Å². The third kappa shape index (κ3) is 4.87. The van der Waals surface area contributed by atoms with E-state index in [1.165, 1.54) is 18.2 Å². The molecular weight excluding hydrogens is 269 g/mol. The molecule has 114 valence electrons. The summed E-state index contributed by atoms with van der Waals surface area (Å²) in [5, 5.41) is 8.76. The molecule has 0 aliphatic rings. The van der Waals surface area contributed by atoms with Crippen LogP contribution < -0.4 is 0 Å². The molecule has 0 spiro atoms. The van der Waals surface area contributed by atoms with Crippen LogP contribution in [0, 0.1) is 23.6 Å². The standard InChI is InChI=1S/C17H22FNO2/c1-12(2)10-13(3)19(4)17(21)16-8-7-15(18)11-14(16)6-5-9-20/h7-8,11-13,20H,9-10H2,1-4H3. The molecule has 0 aliphatic carbocycles. The summed E-state index contributed by atoms with van der Waals surface area (Å²) in [4.78, 5) is 14.2. The van der Waals surface area contributed by atoms with Crippen molar-refractivity contribution in [3.63, 3.8) is 0 Å². The van der Waals surface area contributed by atoms with Gasteiger partial charge in [0.25, 0.3) is 5.91 Å². The van der Waals surface area contributed by atoms with E-state index in [2.05, 4.69) is 25.7 Å². The molecule has 1 aromatic rings. The van der Waals surface area contributed by atoms with E-state index >= 15 is 0 Å². The van der Waals surface area contributed by atoms with E-state index in [1.807, 2.05) is 6.92 Å². The molecular formula is C17H22FNO2. The zero-order valence-electron chi connectivity index (χ0n) is 13.0. The van der Waals surface area contributed by atoms with Gasteiger partial charge in [-0.3, -0.25) is 4.79 Å². The SMILES string of the molecule is CC(C)CC(C)N(C)C(=O)c1ccc(F)cc1C#CCO. The van der Waals surface area contributed by atoms with Crippen LogP contribution in [-0.4, -0.2) is 35.6 Å². The molecule has 0 bridgehead atoms. The van der Waals surface area contributed by atoms with E-state index in [1.54, 1.807) is 11.9 Å². The van der Waals surface area contributed by atoms with E-state index in [4.69, 9.17) is 5.11 Å². The third-order valence-electron chi connectivity index (χ3n) is 3.31. The second-order valence-corrected chi connectivity index (χ2v) is 5.54. The maximum absolute atomic E-state index is 13.3. The van der Waals surface area contributed by atoms with Gasteiger partial charge in [-0.05, 0) is 37.5 Å². The van der Waals surface area contributed by atoms with Crippen LogP contribution in [0.1, 0.15) is 43.1 Å². The molecule has 1 amide bonds. The molecule has 0 saturated carbocycles. The van der Waals surface area contributed by atoms with Gasteiger partial charge in [-0.15, -0.1) is 0 Å². The normalized spacial score (nSPS) is 11.8. The minimum atomic E-state index is -0.452. The summed E-state index contributed by atoms with van der Waals surface area (Å²) in [6.07, 6.45) is 0.890. The lowest BCUT2D eigenvalue weighted by atomic mass is 10.0. The van der Waals surface area contributed by atoms with E-state index < -0.39 is 5.82 Å². The van der Waals surface area contributed by atoms with Gasteiger partial charge in [0.15, 0.2) is 0 Å². The molecule has 4 heteroatoms. The minimum Gasteiger partial charge on any atom is -0.384 e. The first kappa shape index (κ1) is 17.2. The summed E-state index contributed by atoms with van der Waals surface area (Å²) in [5.41, 5.74) is 0.660. The number of carbonyl (C=O) groups is 1. The van der Waals surface area contributed by atoms with Crippen LogP contribution in [0.15, 0.2) is 18.2 Å². The second kappa shape index (κ2) is 7.80. The highest BCUT2D eigenvalue weighted by atomic mass is 19.1. The van der Waals surface area contributed by atoms with Crippen molar-refractivity contribution in [1.82, 2.24) is 4.90 Å². The highest BCUT2D eigenvalue weighted by molar-refractivity contribution is 5.96. The van der Waals surface area contributed by atoms with Crippen LogP contribution in [0.2, 0.25) is 0 Å². The van der Waals surface area contributed by atoms with Crippen LogP contribution in [0.3, 0.4) is 0 Å². The Morgan fingerprint density at radius 1 is 1.38 bits per heavy atom. The zero-order chi connectivity index (χ0) is 16.0. The van der Waals surface area contributed by atoms with Gasteiger partial charge in [0.05, 0.1) is 5.56 Å². The number of amides is 1. The first-order valence-electron chi connectivity index (χ1n) is 7.03. The average molecular weight is 291 g/mol. The van der Waals surface area contributed by atoms with Crippen LogP contribution in [0.4, 0.5) is 4.39 Å². The molecule has 1 rings (SSSR count). The van der Waals surface area contributed by atoms with E-state index in [9.17, 15) is 9.18 Å². The van der Waals surface area contributed by atoms with Crippen molar-refractivity contribution in [3.8, 4) is 11.8 Å². The van der Waals surface area contributed by atoms with Crippen LogP contribution in [-0.2, 0) is 0 Å². The molecule has 0 fully saturated rings. The van der Waals surface area contributed by atoms with Gasteiger partial charge < -0.3 is 10.0 Å². The highest BCUT2D eigenvalue weighted by Gasteiger charge is 2.20. The monoisotopic (exact) mass is 291 g/mol. The number of aliphatic hydroxyl groups is 1. The lowest BCUT2D eigenvalue weighted by molar-refractivity contribution is 0.0728. The van der Waals surface area contributed by atoms with Crippen molar-refractivity contribution in [2.75, 3.05) is 13.7 Å². The van der Waals surface area contributed by atoms with Gasteiger partial charge in [-0.1, -0.05) is 25.7 Å². The van der Waals surface area contributed by atoms with E-state index in [0.717, 1.165) is 6.42 Å². The van der Waals surface area contributed by atoms with Gasteiger partial charge in [0.1, 0.15) is 12.4 Å². The van der Waals surface area contributed by atoms with Gasteiger partial charge in [0.2, 0.25) is 0 Å². The fraction of sp³-hybridized carbons (Fsp3) is 0.471. The Hall–Kier alpha value is -1.86. The molecule has 0 aromatic heterocycles. The topological polar surface area (TPSA) is 40.5 Å². The Bertz CT molecular complexity index is 558. The molecule has 3 nitrogen and oxygen atoms in total. The Kier molecular flexibility index (Phi) is 6.39. The van der Waals surface area contributed by atoms with E-state index in [0.29, 0.717) is 17.0 Å². The van der Waals surface area contributed by atoms with E-state index in [-0.39, 0.29) is 18.6 Å². The first-order chi connectivity index (χ1) is 9.86. The van der Waals surface area contributed by atoms with Crippen molar-refractivity contribution in [2.45, 2.75) is 33.2 Å². The predicted molar refractivity (Wildman–Crippen MR) is 81.4 cm³/mol.